The van der Waals surface area contributed by atoms with Crippen molar-refractivity contribution >= 4 is 39.5 Å². The van der Waals surface area contributed by atoms with Gasteiger partial charge in [0.05, 0.1) is 26.4 Å². The summed E-state index contributed by atoms with van der Waals surface area (Å²) >= 11 is 0. The average molecular weight is 1410 g/mol. The van der Waals surface area contributed by atoms with Crippen LogP contribution < -0.4 is 0 Å². The maximum Gasteiger partial charge on any atom is 0.472 e. The first-order chi connectivity index (χ1) is 46.5. The summed E-state index contributed by atoms with van der Waals surface area (Å²) in [5.41, 5.74) is 0. The molecule has 0 aliphatic rings. The van der Waals surface area contributed by atoms with Crippen LogP contribution in [0.3, 0.4) is 0 Å². The van der Waals surface area contributed by atoms with Gasteiger partial charge in [-0.15, -0.1) is 0 Å². The van der Waals surface area contributed by atoms with Gasteiger partial charge in [-0.3, -0.25) is 37.3 Å². The Morgan fingerprint density at radius 2 is 0.562 bits per heavy atom. The molecule has 0 fully saturated rings. The second-order valence-corrected chi connectivity index (χ2v) is 30.4. The normalized spacial score (nSPS) is 14.1. The van der Waals surface area contributed by atoms with E-state index in [9.17, 15) is 43.2 Å². The molecule has 0 saturated carbocycles. The first-order valence-electron chi connectivity index (χ1n) is 39.5. The fraction of sp³-hybridized carbons (Fsp3) is 0.896. The highest BCUT2D eigenvalue weighted by atomic mass is 31.2. The smallest absolute Gasteiger partial charge is 0.462 e. The van der Waals surface area contributed by atoms with Crippen LogP contribution in [0.4, 0.5) is 0 Å². The van der Waals surface area contributed by atoms with Crippen molar-refractivity contribution in [1.29, 1.82) is 0 Å². The lowest BCUT2D eigenvalue weighted by atomic mass is 10.0. The molecule has 19 heteroatoms. The first kappa shape index (κ1) is 93.5. The van der Waals surface area contributed by atoms with Crippen LogP contribution in [0.25, 0.3) is 0 Å². The van der Waals surface area contributed by atoms with Crippen molar-refractivity contribution in [2.24, 2.45) is 5.92 Å². The topological polar surface area (TPSA) is 237 Å². The van der Waals surface area contributed by atoms with Crippen molar-refractivity contribution in [3.8, 4) is 0 Å². The number of phosphoric ester groups is 2. The molecule has 0 saturated heterocycles. The van der Waals surface area contributed by atoms with Crippen molar-refractivity contribution < 1.29 is 80.2 Å². The summed E-state index contributed by atoms with van der Waals surface area (Å²) in [6.45, 7) is 7.16. The molecule has 96 heavy (non-hydrogen) atoms. The van der Waals surface area contributed by atoms with E-state index in [1.54, 1.807) is 0 Å². The molecule has 0 spiro atoms. The second-order valence-electron chi connectivity index (χ2n) is 27.5. The summed E-state index contributed by atoms with van der Waals surface area (Å²) in [5.74, 6) is -1.43. The molecular formula is C77H146O17P2. The van der Waals surface area contributed by atoms with Gasteiger partial charge in [-0.2, -0.15) is 0 Å². The minimum atomic E-state index is -4.96. The molecule has 0 aliphatic carbocycles. The predicted octanol–water partition coefficient (Wildman–Crippen LogP) is 22.4. The molecule has 0 aromatic rings. The number of unbranched alkanes of at least 4 members (excludes halogenated alkanes) is 44. The highest BCUT2D eigenvalue weighted by Gasteiger charge is 2.30. The van der Waals surface area contributed by atoms with Crippen molar-refractivity contribution in [3.05, 3.63) is 24.3 Å². The maximum absolute atomic E-state index is 13.1. The van der Waals surface area contributed by atoms with E-state index in [0.717, 1.165) is 115 Å². The lowest BCUT2D eigenvalue weighted by Crippen LogP contribution is -2.30. The van der Waals surface area contributed by atoms with E-state index in [4.69, 9.17) is 37.0 Å². The molecular weight excluding hydrogens is 1260 g/mol. The number of allylic oxidation sites excluding steroid dienone is 4. The molecule has 17 nitrogen and oxygen atoms in total. The fourth-order valence-corrected chi connectivity index (χ4v) is 12.9. The molecule has 5 atom stereocenters. The molecule has 0 aliphatic heterocycles. The molecule has 2 unspecified atom stereocenters. The van der Waals surface area contributed by atoms with Gasteiger partial charge < -0.3 is 33.8 Å². The van der Waals surface area contributed by atoms with Gasteiger partial charge in [0.25, 0.3) is 0 Å². The van der Waals surface area contributed by atoms with E-state index in [2.05, 4.69) is 58.9 Å². The van der Waals surface area contributed by atoms with Gasteiger partial charge in [0.15, 0.2) is 12.2 Å². The molecule has 0 heterocycles. The number of aliphatic hydroxyl groups excluding tert-OH is 1. The quantitative estimate of drug-likeness (QED) is 0.0169. The van der Waals surface area contributed by atoms with E-state index >= 15 is 0 Å². The van der Waals surface area contributed by atoms with E-state index in [0.29, 0.717) is 25.7 Å². The third-order valence-corrected chi connectivity index (χ3v) is 19.3. The molecule has 0 rings (SSSR count). The van der Waals surface area contributed by atoms with E-state index in [1.807, 2.05) is 0 Å². The Labute approximate surface area is 586 Å². The summed E-state index contributed by atoms with van der Waals surface area (Å²) in [6, 6.07) is 0. The Kier molecular flexibility index (Phi) is 67.8. The second kappa shape index (κ2) is 69.6. The molecule has 566 valence electrons. The number of hydrogen-bond acceptors (Lipinski definition) is 15. The van der Waals surface area contributed by atoms with E-state index < -0.39 is 97.5 Å². The van der Waals surface area contributed by atoms with Gasteiger partial charge in [-0.1, -0.05) is 329 Å². The number of esters is 4. The molecule has 0 bridgehead atoms. The van der Waals surface area contributed by atoms with Gasteiger partial charge in [-0.05, 0) is 57.3 Å². The van der Waals surface area contributed by atoms with Crippen molar-refractivity contribution in [1.82, 2.24) is 0 Å². The summed E-state index contributed by atoms with van der Waals surface area (Å²) in [6.07, 6.45) is 62.1. The lowest BCUT2D eigenvalue weighted by molar-refractivity contribution is -0.161. The first-order valence-corrected chi connectivity index (χ1v) is 42.4. The van der Waals surface area contributed by atoms with Crippen molar-refractivity contribution in [2.75, 3.05) is 39.6 Å². The Hall–Kier alpha value is -2.46. The number of hydrogen-bond donors (Lipinski definition) is 3. The number of phosphoric acid groups is 2. The minimum Gasteiger partial charge on any atom is -0.462 e. The molecule has 0 aromatic heterocycles. The van der Waals surface area contributed by atoms with Gasteiger partial charge >= 0.3 is 39.5 Å². The van der Waals surface area contributed by atoms with Crippen LogP contribution in [0.2, 0.25) is 0 Å². The van der Waals surface area contributed by atoms with Crippen LogP contribution in [0.1, 0.15) is 381 Å². The third kappa shape index (κ3) is 70.0. The van der Waals surface area contributed by atoms with Crippen LogP contribution >= 0.6 is 15.6 Å². The van der Waals surface area contributed by atoms with Gasteiger partial charge in [0.2, 0.25) is 0 Å². The number of rotatable bonds is 75. The van der Waals surface area contributed by atoms with Crippen LogP contribution in [0, 0.1) is 5.92 Å². The Morgan fingerprint density at radius 1 is 0.323 bits per heavy atom. The number of aliphatic hydroxyl groups is 1. The average Bonchev–Trinajstić information content (AvgIpc) is 2.06. The van der Waals surface area contributed by atoms with Crippen molar-refractivity contribution in [2.45, 2.75) is 400 Å². The third-order valence-electron chi connectivity index (χ3n) is 17.4. The standard InChI is InChI=1S/C77H146O17P2/c1-6-9-12-15-18-21-23-25-27-28-29-30-31-32-34-36-38-41-47-52-57-62-76(81)93-72(67-88-75(80)61-56-51-46-40-37-35-33-26-24-22-19-16-13-10-7-2)68-91-95(83,84)89-64-71(78)65-90-96(85,86)92-69-73(66-87-74(79)60-55-50-45-39-20-17-14-11-8-3)94-77(82)63-58-53-48-43-42-44-49-54-59-70(4)5/h22,24,26,33,70-73,78H,6-21,23,25,27-32,34-69H2,1-5H3,(H,83,84)(H,85,86)/b24-22-,33-26-/t71-,72-,73-/m1/s1. The Bertz CT molecular complexity index is 1930. The monoisotopic (exact) mass is 1410 g/mol. The van der Waals surface area contributed by atoms with Crippen LogP contribution in [-0.2, 0) is 65.4 Å². The van der Waals surface area contributed by atoms with E-state index in [1.165, 1.54) is 186 Å². The minimum absolute atomic E-state index is 0.102. The largest absolute Gasteiger partial charge is 0.472 e. The molecule has 0 radical (unpaired) electrons. The molecule has 3 N–H and O–H groups in total. The van der Waals surface area contributed by atoms with E-state index in [-0.39, 0.29) is 25.7 Å². The van der Waals surface area contributed by atoms with Gasteiger partial charge in [0.1, 0.15) is 19.3 Å². The number of carbonyl (C=O) groups excluding carboxylic acids is 4. The fourth-order valence-electron chi connectivity index (χ4n) is 11.3. The lowest BCUT2D eigenvalue weighted by Gasteiger charge is -2.21. The molecule has 0 amide bonds. The summed E-state index contributed by atoms with van der Waals surface area (Å²) in [7, 11) is -9.92. The van der Waals surface area contributed by atoms with Gasteiger partial charge in [-0.25, -0.2) is 9.13 Å². The molecule has 0 aromatic carbocycles. The predicted molar refractivity (Wildman–Crippen MR) is 391 cm³/mol. The zero-order chi connectivity index (χ0) is 70.5. The summed E-state index contributed by atoms with van der Waals surface area (Å²) in [4.78, 5) is 72.7. The van der Waals surface area contributed by atoms with Crippen molar-refractivity contribution in [3.63, 3.8) is 0 Å². The number of ether oxygens (including phenoxy) is 4. The highest BCUT2D eigenvalue weighted by Crippen LogP contribution is 2.45. The SMILES string of the molecule is CCCCCC/C=C\C=C/CCCCCCCC(=O)OC[C@H](COP(=O)(O)OC[C@@H](O)COP(=O)(O)OC[C@@H](COC(=O)CCCCCCCCCCC)OC(=O)CCCCCCCCCCC(C)C)OC(=O)CCCCCCCCCCCCCCCCCCCCCCC. The Morgan fingerprint density at radius 3 is 0.854 bits per heavy atom. The Balaban J connectivity index is 5.22. The summed E-state index contributed by atoms with van der Waals surface area (Å²) < 4.78 is 68.4. The highest BCUT2D eigenvalue weighted by molar-refractivity contribution is 7.47. The summed E-state index contributed by atoms with van der Waals surface area (Å²) in [5, 5.41) is 10.6. The zero-order valence-electron chi connectivity index (χ0n) is 62.0. The zero-order valence-corrected chi connectivity index (χ0v) is 63.8. The van der Waals surface area contributed by atoms with Gasteiger partial charge in [0, 0.05) is 25.7 Å². The van der Waals surface area contributed by atoms with Crippen LogP contribution in [0.15, 0.2) is 24.3 Å². The van der Waals surface area contributed by atoms with Crippen LogP contribution in [-0.4, -0.2) is 96.7 Å². The van der Waals surface area contributed by atoms with Crippen LogP contribution in [0.5, 0.6) is 0 Å². The maximum atomic E-state index is 13.1. The number of carbonyl (C=O) groups is 4.